The number of halogens is 1. The van der Waals surface area contributed by atoms with Gasteiger partial charge in [0, 0.05) is 11.6 Å². The summed E-state index contributed by atoms with van der Waals surface area (Å²) in [5, 5.41) is 20.0. The van der Waals surface area contributed by atoms with Crippen molar-refractivity contribution < 1.29 is 19.2 Å². The first kappa shape index (κ1) is 13.0. The zero-order chi connectivity index (χ0) is 13.8. The van der Waals surface area contributed by atoms with Crippen LogP contribution in [0.1, 0.15) is 5.56 Å². The average molecular weight is 263 g/mol. The van der Waals surface area contributed by atoms with Crippen LogP contribution in [-0.4, -0.2) is 10.0 Å². The van der Waals surface area contributed by atoms with Gasteiger partial charge in [0.2, 0.25) is 5.75 Å². The lowest BCUT2D eigenvalue weighted by Crippen LogP contribution is -1.96. The molecule has 98 valence electrons. The molecule has 0 radical (unpaired) electrons. The van der Waals surface area contributed by atoms with Crippen molar-refractivity contribution in [3.8, 4) is 11.5 Å². The van der Waals surface area contributed by atoms with Crippen LogP contribution < -0.4 is 4.74 Å². The molecule has 19 heavy (non-hydrogen) atoms. The second-order valence-corrected chi connectivity index (χ2v) is 3.74. The summed E-state index contributed by atoms with van der Waals surface area (Å²) >= 11 is 0. The van der Waals surface area contributed by atoms with Crippen LogP contribution in [0, 0.1) is 15.9 Å². The van der Waals surface area contributed by atoms with E-state index in [1.165, 1.54) is 24.3 Å². The maximum Gasteiger partial charge on any atom is 0.311 e. The predicted octanol–water partition coefficient (Wildman–Crippen LogP) is 3.02. The molecule has 0 bridgehead atoms. The number of aliphatic hydroxyl groups is 1. The van der Waals surface area contributed by atoms with E-state index in [1.807, 2.05) is 0 Å². The first-order valence-electron chi connectivity index (χ1n) is 5.42. The van der Waals surface area contributed by atoms with Gasteiger partial charge in [0.1, 0.15) is 11.6 Å². The Kier molecular flexibility index (Phi) is 3.72. The molecule has 6 heteroatoms. The predicted molar refractivity (Wildman–Crippen MR) is 65.5 cm³/mol. The molecule has 0 aliphatic carbocycles. The highest BCUT2D eigenvalue weighted by atomic mass is 19.1. The maximum atomic E-state index is 13.0. The number of hydrogen-bond acceptors (Lipinski definition) is 4. The molecule has 0 unspecified atom stereocenters. The molecular formula is C13H10FNO4. The van der Waals surface area contributed by atoms with E-state index in [9.17, 15) is 14.5 Å². The van der Waals surface area contributed by atoms with Gasteiger partial charge in [-0.2, -0.15) is 0 Å². The number of nitrogens with zero attached hydrogens (tertiary/aromatic N) is 1. The summed E-state index contributed by atoms with van der Waals surface area (Å²) in [6, 6.07) is 9.43. The smallest absolute Gasteiger partial charge is 0.311 e. The molecule has 1 N–H and O–H groups in total. The Morgan fingerprint density at radius 1 is 1.21 bits per heavy atom. The molecule has 0 aromatic heterocycles. The molecular weight excluding hydrogens is 253 g/mol. The SMILES string of the molecule is O=[N+]([O-])c1ccccc1Oc1ccc(F)cc1CO. The van der Waals surface area contributed by atoms with Crippen molar-refractivity contribution in [3.05, 3.63) is 64.0 Å². The van der Waals surface area contributed by atoms with Crippen molar-refractivity contribution >= 4 is 5.69 Å². The Balaban J connectivity index is 2.39. The number of ether oxygens (including phenoxy) is 1. The third-order valence-electron chi connectivity index (χ3n) is 2.47. The zero-order valence-corrected chi connectivity index (χ0v) is 9.75. The Hall–Kier alpha value is -2.47. The number of nitro benzene ring substituents is 1. The number of aliphatic hydroxyl groups excluding tert-OH is 1. The Bertz CT molecular complexity index is 615. The molecule has 0 aliphatic heterocycles. The van der Waals surface area contributed by atoms with E-state index < -0.39 is 17.3 Å². The molecule has 0 aliphatic rings. The van der Waals surface area contributed by atoms with Crippen LogP contribution in [0.2, 0.25) is 0 Å². The normalized spacial score (nSPS) is 10.2. The van der Waals surface area contributed by atoms with Gasteiger partial charge < -0.3 is 9.84 Å². The molecule has 0 saturated heterocycles. The van der Waals surface area contributed by atoms with Crippen molar-refractivity contribution in [3.63, 3.8) is 0 Å². The molecule has 2 aromatic carbocycles. The first-order chi connectivity index (χ1) is 9.11. The third kappa shape index (κ3) is 2.86. The summed E-state index contributed by atoms with van der Waals surface area (Å²) in [6.07, 6.45) is 0. The summed E-state index contributed by atoms with van der Waals surface area (Å²) in [5.74, 6) is -0.300. The zero-order valence-electron chi connectivity index (χ0n) is 9.75. The minimum Gasteiger partial charge on any atom is -0.450 e. The fourth-order valence-electron chi connectivity index (χ4n) is 1.58. The van der Waals surface area contributed by atoms with Gasteiger partial charge in [0.15, 0.2) is 0 Å². The number of rotatable bonds is 4. The minimum atomic E-state index is -0.572. The number of para-hydroxylation sites is 2. The topological polar surface area (TPSA) is 72.6 Å². The van der Waals surface area contributed by atoms with Crippen LogP contribution >= 0.6 is 0 Å². The van der Waals surface area contributed by atoms with Crippen molar-refractivity contribution in [2.45, 2.75) is 6.61 Å². The van der Waals surface area contributed by atoms with Crippen molar-refractivity contribution in [1.82, 2.24) is 0 Å². The van der Waals surface area contributed by atoms with Crippen LogP contribution in [0.15, 0.2) is 42.5 Å². The maximum absolute atomic E-state index is 13.0. The summed E-state index contributed by atoms with van der Waals surface area (Å²) < 4.78 is 18.4. The molecule has 0 spiro atoms. The van der Waals surface area contributed by atoms with Gasteiger partial charge in [0.25, 0.3) is 0 Å². The Labute approximate surface area is 108 Å². The molecule has 0 atom stereocenters. The van der Waals surface area contributed by atoms with Gasteiger partial charge in [-0.15, -0.1) is 0 Å². The molecule has 2 aromatic rings. The minimum absolute atomic E-state index is 0.0359. The second-order valence-electron chi connectivity index (χ2n) is 3.74. The van der Waals surface area contributed by atoms with E-state index >= 15 is 0 Å². The highest BCUT2D eigenvalue weighted by Crippen LogP contribution is 2.32. The Morgan fingerprint density at radius 3 is 2.63 bits per heavy atom. The molecule has 0 fully saturated rings. The van der Waals surface area contributed by atoms with E-state index in [0.717, 1.165) is 12.1 Å². The van der Waals surface area contributed by atoms with E-state index in [1.54, 1.807) is 6.07 Å². The lowest BCUT2D eigenvalue weighted by Gasteiger charge is -2.09. The third-order valence-corrected chi connectivity index (χ3v) is 2.47. The van der Waals surface area contributed by atoms with Crippen LogP contribution in [-0.2, 0) is 6.61 Å². The fourth-order valence-corrected chi connectivity index (χ4v) is 1.58. The number of hydrogen-bond donors (Lipinski definition) is 1. The molecule has 0 heterocycles. The van der Waals surface area contributed by atoms with Gasteiger partial charge >= 0.3 is 5.69 Å². The van der Waals surface area contributed by atoms with Crippen LogP contribution in [0.4, 0.5) is 10.1 Å². The van der Waals surface area contributed by atoms with Crippen molar-refractivity contribution in [1.29, 1.82) is 0 Å². The standard InChI is InChI=1S/C13H10FNO4/c14-10-5-6-12(9(7-10)8-16)19-13-4-2-1-3-11(13)15(17)18/h1-7,16H,8H2. The van der Waals surface area contributed by atoms with E-state index in [2.05, 4.69) is 0 Å². The lowest BCUT2D eigenvalue weighted by molar-refractivity contribution is -0.385. The fraction of sp³-hybridized carbons (Fsp3) is 0.0769. The highest BCUT2D eigenvalue weighted by Gasteiger charge is 2.16. The largest absolute Gasteiger partial charge is 0.450 e. The van der Waals surface area contributed by atoms with Crippen LogP contribution in [0.3, 0.4) is 0 Å². The molecule has 5 nitrogen and oxygen atoms in total. The van der Waals surface area contributed by atoms with Gasteiger partial charge in [0.05, 0.1) is 11.5 Å². The molecule has 0 saturated carbocycles. The summed E-state index contributed by atoms with van der Waals surface area (Å²) in [6.45, 7) is -0.423. The van der Waals surface area contributed by atoms with Crippen molar-refractivity contribution in [2.75, 3.05) is 0 Å². The first-order valence-corrected chi connectivity index (χ1v) is 5.42. The summed E-state index contributed by atoms with van der Waals surface area (Å²) in [7, 11) is 0. The molecule has 2 rings (SSSR count). The second kappa shape index (κ2) is 5.45. The van der Waals surface area contributed by atoms with E-state index in [0.29, 0.717) is 0 Å². The lowest BCUT2D eigenvalue weighted by atomic mass is 10.2. The van der Waals surface area contributed by atoms with E-state index in [-0.39, 0.29) is 22.7 Å². The number of benzene rings is 2. The highest BCUT2D eigenvalue weighted by molar-refractivity contribution is 5.49. The van der Waals surface area contributed by atoms with Crippen molar-refractivity contribution in [2.24, 2.45) is 0 Å². The van der Waals surface area contributed by atoms with Gasteiger partial charge in [-0.05, 0) is 24.3 Å². The summed E-state index contributed by atoms with van der Waals surface area (Å²) in [5.41, 5.74) is 0.0221. The van der Waals surface area contributed by atoms with Gasteiger partial charge in [-0.1, -0.05) is 12.1 Å². The Morgan fingerprint density at radius 2 is 1.95 bits per heavy atom. The average Bonchev–Trinajstić information content (AvgIpc) is 2.41. The van der Waals surface area contributed by atoms with Gasteiger partial charge in [-0.25, -0.2) is 4.39 Å². The number of nitro groups is 1. The van der Waals surface area contributed by atoms with Gasteiger partial charge in [-0.3, -0.25) is 10.1 Å². The van der Waals surface area contributed by atoms with Crippen LogP contribution in [0.25, 0.3) is 0 Å². The quantitative estimate of drug-likeness (QED) is 0.679. The van der Waals surface area contributed by atoms with E-state index in [4.69, 9.17) is 9.84 Å². The van der Waals surface area contributed by atoms with Crippen LogP contribution in [0.5, 0.6) is 11.5 Å². The monoisotopic (exact) mass is 263 g/mol. The molecule has 0 amide bonds. The summed E-state index contributed by atoms with van der Waals surface area (Å²) in [4.78, 5) is 10.3.